The highest BCUT2D eigenvalue weighted by Crippen LogP contribution is 2.36. The first-order valence-corrected chi connectivity index (χ1v) is 6.90. The van der Waals surface area contributed by atoms with Gasteiger partial charge in [0.15, 0.2) is 5.82 Å². The van der Waals surface area contributed by atoms with Crippen molar-refractivity contribution in [2.75, 3.05) is 10.2 Å². The number of halogens is 1. The zero-order valence-corrected chi connectivity index (χ0v) is 11.4. The van der Waals surface area contributed by atoms with Crippen LogP contribution in [0.2, 0.25) is 5.02 Å². The lowest BCUT2D eigenvalue weighted by Gasteiger charge is -2.40. The van der Waals surface area contributed by atoms with Gasteiger partial charge in [0.2, 0.25) is 5.91 Å². The van der Waals surface area contributed by atoms with Crippen LogP contribution in [0.3, 0.4) is 0 Å². The van der Waals surface area contributed by atoms with Crippen LogP contribution in [0.1, 0.15) is 11.1 Å². The highest BCUT2D eigenvalue weighted by molar-refractivity contribution is 6.31. The molecule has 0 saturated carbocycles. The lowest BCUT2D eigenvalue weighted by atomic mass is 9.92. The number of nitrogens with one attached hydrogen (secondary N) is 1. The Bertz CT molecular complexity index is 716. The van der Waals surface area contributed by atoms with Crippen LogP contribution in [-0.4, -0.2) is 16.9 Å². The van der Waals surface area contributed by atoms with Crippen molar-refractivity contribution < 1.29 is 4.79 Å². The van der Waals surface area contributed by atoms with E-state index < -0.39 is 0 Å². The van der Waals surface area contributed by atoms with Crippen molar-refractivity contribution in [1.29, 1.82) is 0 Å². The van der Waals surface area contributed by atoms with Crippen LogP contribution in [0, 0.1) is 0 Å². The molecule has 1 aromatic carbocycles. The third-order valence-electron chi connectivity index (χ3n) is 3.91. The van der Waals surface area contributed by atoms with E-state index in [1.165, 1.54) is 11.1 Å². The average Bonchev–Trinajstić information content (AvgIpc) is 2.45. The molecule has 1 amide bonds. The molecular weight excluding hydrogens is 274 g/mol. The second-order valence-corrected chi connectivity index (χ2v) is 5.57. The summed E-state index contributed by atoms with van der Waals surface area (Å²) in [7, 11) is 0. The molecule has 0 spiro atoms. The quantitative estimate of drug-likeness (QED) is 0.809. The number of carbonyl (C=O) groups excluding carboxylic acids is 1. The lowest BCUT2D eigenvalue weighted by molar-refractivity contribution is -0.117. The van der Waals surface area contributed by atoms with Crippen molar-refractivity contribution in [2.45, 2.75) is 19.0 Å². The Morgan fingerprint density at radius 2 is 2.10 bits per heavy atom. The van der Waals surface area contributed by atoms with Gasteiger partial charge in [0.1, 0.15) is 6.04 Å². The summed E-state index contributed by atoms with van der Waals surface area (Å²) >= 11 is 5.95. The van der Waals surface area contributed by atoms with Crippen LogP contribution in [0.25, 0.3) is 0 Å². The number of aromatic nitrogens is 1. The molecular formula is C15H12ClN3O. The van der Waals surface area contributed by atoms with Gasteiger partial charge in [-0.25, -0.2) is 4.98 Å². The minimum Gasteiger partial charge on any atom is -0.338 e. The summed E-state index contributed by atoms with van der Waals surface area (Å²) in [6, 6.07) is 9.79. The maximum absolute atomic E-state index is 12.3. The van der Waals surface area contributed by atoms with E-state index in [1.54, 1.807) is 12.3 Å². The Morgan fingerprint density at radius 3 is 2.95 bits per heavy atom. The van der Waals surface area contributed by atoms with Crippen LogP contribution in [0.4, 0.5) is 11.5 Å². The summed E-state index contributed by atoms with van der Waals surface area (Å²) in [5, 5.41) is 3.43. The largest absolute Gasteiger partial charge is 0.338 e. The summed E-state index contributed by atoms with van der Waals surface area (Å²) in [5.74, 6) is 0.810. The Labute approximate surface area is 121 Å². The van der Waals surface area contributed by atoms with Crippen LogP contribution >= 0.6 is 11.6 Å². The molecule has 100 valence electrons. The van der Waals surface area contributed by atoms with Crippen molar-refractivity contribution in [3.8, 4) is 0 Å². The molecule has 2 aliphatic heterocycles. The first-order chi connectivity index (χ1) is 9.72. The number of nitrogens with zero attached hydrogens (tertiary/aromatic N) is 2. The number of hydrogen-bond acceptors (Lipinski definition) is 3. The summed E-state index contributed by atoms with van der Waals surface area (Å²) in [4.78, 5) is 18.7. The van der Waals surface area contributed by atoms with Gasteiger partial charge in [-0.2, -0.15) is 0 Å². The number of amides is 1. The molecule has 1 aromatic heterocycles. The number of fused-ring (bicyclic) bond motifs is 4. The molecule has 0 aliphatic carbocycles. The Balaban J connectivity index is 1.83. The molecule has 0 saturated heterocycles. The minimum absolute atomic E-state index is 0.0102. The van der Waals surface area contributed by atoms with Crippen LogP contribution < -0.4 is 10.2 Å². The molecule has 1 unspecified atom stereocenters. The first kappa shape index (κ1) is 11.7. The molecule has 20 heavy (non-hydrogen) atoms. The molecule has 1 atom stereocenters. The normalized spacial score (nSPS) is 19.8. The van der Waals surface area contributed by atoms with Crippen LogP contribution in [-0.2, 0) is 17.8 Å². The Hall–Kier alpha value is -2.07. The number of benzene rings is 1. The van der Waals surface area contributed by atoms with Gasteiger partial charge in [-0.1, -0.05) is 35.9 Å². The number of rotatable bonds is 0. The van der Waals surface area contributed by atoms with E-state index >= 15 is 0 Å². The van der Waals surface area contributed by atoms with Gasteiger partial charge >= 0.3 is 0 Å². The molecule has 0 fully saturated rings. The SMILES string of the molecule is O=C1Nc2cc(Cl)cnc2N2Cc3ccccc3CC12. The van der Waals surface area contributed by atoms with E-state index in [0.717, 1.165) is 5.82 Å². The topological polar surface area (TPSA) is 45.2 Å². The lowest BCUT2D eigenvalue weighted by Crippen LogP contribution is -2.51. The number of hydrogen-bond donors (Lipinski definition) is 1. The standard InChI is InChI=1S/C15H12ClN3O/c16-11-6-12-14(17-7-11)19-8-10-4-2-1-3-9(10)5-13(19)15(20)18-12/h1-4,6-7,13H,5,8H2,(H,18,20). The van der Waals surface area contributed by atoms with Crippen molar-refractivity contribution in [3.05, 3.63) is 52.7 Å². The van der Waals surface area contributed by atoms with E-state index in [2.05, 4.69) is 27.3 Å². The zero-order valence-electron chi connectivity index (χ0n) is 10.6. The number of anilines is 2. The minimum atomic E-state index is -0.189. The third kappa shape index (κ3) is 1.68. The monoisotopic (exact) mass is 285 g/mol. The molecule has 4 rings (SSSR count). The molecule has 1 N–H and O–H groups in total. The van der Waals surface area contributed by atoms with Crippen molar-refractivity contribution in [1.82, 2.24) is 4.98 Å². The predicted molar refractivity (Wildman–Crippen MR) is 78.0 cm³/mol. The smallest absolute Gasteiger partial charge is 0.247 e. The fourth-order valence-corrected chi connectivity index (χ4v) is 3.11. The predicted octanol–water partition coefficient (Wildman–Crippen LogP) is 2.62. The zero-order chi connectivity index (χ0) is 13.7. The van der Waals surface area contributed by atoms with Gasteiger partial charge in [0.05, 0.1) is 10.7 Å². The molecule has 0 bridgehead atoms. The first-order valence-electron chi connectivity index (χ1n) is 6.52. The summed E-state index contributed by atoms with van der Waals surface area (Å²) in [6.45, 7) is 0.704. The van der Waals surface area contributed by atoms with Gasteiger partial charge in [-0.15, -0.1) is 0 Å². The average molecular weight is 286 g/mol. The summed E-state index contributed by atoms with van der Waals surface area (Å²) in [5.41, 5.74) is 3.18. The maximum Gasteiger partial charge on any atom is 0.247 e. The van der Waals surface area contributed by atoms with Gasteiger partial charge in [0, 0.05) is 19.2 Å². The van der Waals surface area contributed by atoms with E-state index in [-0.39, 0.29) is 11.9 Å². The van der Waals surface area contributed by atoms with E-state index in [4.69, 9.17) is 11.6 Å². The molecule has 0 radical (unpaired) electrons. The number of pyridine rings is 1. The Kier molecular flexibility index (Phi) is 2.47. The van der Waals surface area contributed by atoms with E-state index in [0.29, 0.717) is 23.7 Å². The van der Waals surface area contributed by atoms with E-state index in [1.807, 2.05) is 12.1 Å². The molecule has 3 heterocycles. The fourth-order valence-electron chi connectivity index (χ4n) is 2.95. The molecule has 5 heteroatoms. The number of carbonyl (C=O) groups is 1. The maximum atomic E-state index is 12.3. The fraction of sp³-hybridized carbons (Fsp3) is 0.200. The van der Waals surface area contributed by atoms with Crippen molar-refractivity contribution in [3.63, 3.8) is 0 Å². The van der Waals surface area contributed by atoms with Gasteiger partial charge in [0.25, 0.3) is 0 Å². The molecule has 2 aliphatic rings. The highest BCUT2D eigenvalue weighted by atomic mass is 35.5. The summed E-state index contributed by atoms with van der Waals surface area (Å²) in [6.07, 6.45) is 2.33. The molecule has 2 aromatic rings. The van der Waals surface area contributed by atoms with Gasteiger partial charge in [-0.3, -0.25) is 4.79 Å². The van der Waals surface area contributed by atoms with E-state index in [9.17, 15) is 4.79 Å². The van der Waals surface area contributed by atoms with Gasteiger partial charge < -0.3 is 10.2 Å². The third-order valence-corrected chi connectivity index (χ3v) is 4.12. The van der Waals surface area contributed by atoms with Crippen molar-refractivity contribution in [2.24, 2.45) is 0 Å². The van der Waals surface area contributed by atoms with Crippen LogP contribution in [0.5, 0.6) is 0 Å². The van der Waals surface area contributed by atoms with Crippen LogP contribution in [0.15, 0.2) is 36.5 Å². The second-order valence-electron chi connectivity index (χ2n) is 5.13. The summed E-state index contributed by atoms with van der Waals surface area (Å²) < 4.78 is 0. The highest BCUT2D eigenvalue weighted by Gasteiger charge is 2.37. The van der Waals surface area contributed by atoms with Gasteiger partial charge in [-0.05, 0) is 17.2 Å². The molecule has 4 nitrogen and oxygen atoms in total. The Morgan fingerprint density at radius 1 is 1.30 bits per heavy atom. The van der Waals surface area contributed by atoms with Crippen molar-refractivity contribution >= 4 is 29.0 Å². The second kappa shape index (κ2) is 4.21.